The molecule has 3 aromatic heterocycles. The molecule has 0 aliphatic heterocycles. The highest BCUT2D eigenvalue weighted by atomic mass is 16.5. The second kappa shape index (κ2) is 7.48. The van der Waals surface area contributed by atoms with Gasteiger partial charge in [0.15, 0.2) is 0 Å². The van der Waals surface area contributed by atoms with Gasteiger partial charge >= 0.3 is 0 Å². The number of amides is 1. The minimum absolute atomic E-state index is 0.151. The second-order valence-corrected chi connectivity index (χ2v) is 6.50. The Hall–Kier alpha value is -3.74. The number of nitrogens with zero attached hydrogens (tertiary/aromatic N) is 5. The van der Waals surface area contributed by atoms with Gasteiger partial charge in [-0.05, 0) is 31.2 Å². The Morgan fingerprint density at radius 3 is 2.68 bits per heavy atom. The average molecular weight is 373 g/mol. The predicted octanol–water partition coefficient (Wildman–Crippen LogP) is 3.50. The molecule has 0 fully saturated rings. The van der Waals surface area contributed by atoms with E-state index in [1.807, 2.05) is 55.5 Å². The van der Waals surface area contributed by atoms with Crippen LogP contribution in [0, 0.1) is 6.92 Å². The van der Waals surface area contributed by atoms with Crippen molar-refractivity contribution in [3.63, 3.8) is 0 Å². The lowest BCUT2D eigenvalue weighted by Gasteiger charge is -2.15. The molecule has 0 saturated heterocycles. The van der Waals surface area contributed by atoms with Crippen LogP contribution in [0.4, 0.5) is 0 Å². The molecular formula is C21H19N5O2. The molecule has 28 heavy (non-hydrogen) atoms. The van der Waals surface area contributed by atoms with Crippen LogP contribution in [0.15, 0.2) is 71.6 Å². The lowest BCUT2D eigenvalue weighted by atomic mass is 10.1. The number of aryl methyl sites for hydroxylation is 1. The average Bonchev–Trinajstić information content (AvgIpc) is 3.35. The van der Waals surface area contributed by atoms with E-state index < -0.39 is 0 Å². The predicted molar refractivity (Wildman–Crippen MR) is 104 cm³/mol. The van der Waals surface area contributed by atoms with E-state index in [0.29, 0.717) is 29.3 Å². The molecule has 4 aromatic rings. The van der Waals surface area contributed by atoms with E-state index in [2.05, 4.69) is 15.2 Å². The van der Waals surface area contributed by atoms with Crippen LogP contribution in [0.5, 0.6) is 0 Å². The molecule has 0 N–H and O–H groups in total. The maximum Gasteiger partial charge on any atom is 0.257 e. The van der Waals surface area contributed by atoms with E-state index in [-0.39, 0.29) is 5.91 Å². The van der Waals surface area contributed by atoms with E-state index in [1.54, 1.807) is 35.2 Å². The van der Waals surface area contributed by atoms with Gasteiger partial charge < -0.3 is 9.42 Å². The highest BCUT2D eigenvalue weighted by Crippen LogP contribution is 2.24. The van der Waals surface area contributed by atoms with Crippen molar-refractivity contribution in [2.75, 3.05) is 7.05 Å². The highest BCUT2D eigenvalue weighted by molar-refractivity contribution is 5.99. The summed E-state index contributed by atoms with van der Waals surface area (Å²) in [6.07, 6.45) is 5.15. The second-order valence-electron chi connectivity index (χ2n) is 6.50. The van der Waals surface area contributed by atoms with Gasteiger partial charge in [-0.15, -0.1) is 0 Å². The van der Waals surface area contributed by atoms with E-state index in [4.69, 9.17) is 4.52 Å². The summed E-state index contributed by atoms with van der Waals surface area (Å²) in [5.41, 5.74) is 3.45. The normalized spacial score (nSPS) is 10.8. The van der Waals surface area contributed by atoms with Gasteiger partial charge in [0.2, 0.25) is 0 Å². The summed E-state index contributed by atoms with van der Waals surface area (Å²) in [6.45, 7) is 2.17. The molecule has 7 nitrogen and oxygen atoms in total. The Bertz CT molecular complexity index is 1090. The van der Waals surface area contributed by atoms with Crippen LogP contribution in [-0.4, -0.2) is 37.8 Å². The first-order chi connectivity index (χ1) is 13.6. The minimum atomic E-state index is -0.151. The Balaban J connectivity index is 1.72. The van der Waals surface area contributed by atoms with Crippen molar-refractivity contribution in [2.24, 2.45) is 0 Å². The summed E-state index contributed by atoms with van der Waals surface area (Å²) in [5, 5.41) is 8.63. The lowest BCUT2D eigenvalue weighted by molar-refractivity contribution is 0.0783. The lowest BCUT2D eigenvalue weighted by Crippen LogP contribution is -2.26. The number of benzene rings is 1. The third-order valence-corrected chi connectivity index (χ3v) is 4.32. The van der Waals surface area contributed by atoms with Gasteiger partial charge in [-0.3, -0.25) is 9.78 Å². The number of pyridine rings is 1. The molecule has 140 valence electrons. The molecule has 0 saturated carbocycles. The fourth-order valence-corrected chi connectivity index (χ4v) is 2.97. The van der Waals surface area contributed by atoms with Crippen LogP contribution in [0.1, 0.15) is 21.8 Å². The first kappa shape index (κ1) is 17.7. The Morgan fingerprint density at radius 1 is 1.18 bits per heavy atom. The van der Waals surface area contributed by atoms with E-state index >= 15 is 0 Å². The fourth-order valence-electron chi connectivity index (χ4n) is 2.97. The monoisotopic (exact) mass is 373 g/mol. The smallest absolute Gasteiger partial charge is 0.257 e. The van der Waals surface area contributed by atoms with Crippen molar-refractivity contribution < 1.29 is 9.32 Å². The first-order valence-corrected chi connectivity index (χ1v) is 8.85. The van der Waals surface area contributed by atoms with Crippen LogP contribution >= 0.6 is 0 Å². The maximum absolute atomic E-state index is 13.2. The summed E-state index contributed by atoms with van der Waals surface area (Å²) >= 11 is 0. The molecule has 4 rings (SSSR count). The molecule has 0 aliphatic carbocycles. The summed E-state index contributed by atoms with van der Waals surface area (Å²) in [7, 11) is 1.74. The van der Waals surface area contributed by atoms with Gasteiger partial charge in [-0.25, -0.2) is 4.68 Å². The Morgan fingerprint density at radius 2 is 2.00 bits per heavy atom. The molecule has 0 spiro atoms. The third kappa shape index (κ3) is 3.55. The quantitative estimate of drug-likeness (QED) is 0.535. The molecule has 0 unspecified atom stereocenters. The highest BCUT2D eigenvalue weighted by Gasteiger charge is 2.22. The van der Waals surface area contributed by atoms with Crippen LogP contribution in [0.3, 0.4) is 0 Å². The van der Waals surface area contributed by atoms with Crippen molar-refractivity contribution in [1.82, 2.24) is 24.8 Å². The summed E-state index contributed by atoms with van der Waals surface area (Å²) in [5.74, 6) is 0.561. The van der Waals surface area contributed by atoms with Crippen LogP contribution < -0.4 is 0 Å². The van der Waals surface area contributed by atoms with Gasteiger partial charge in [0.1, 0.15) is 17.1 Å². The van der Waals surface area contributed by atoms with Gasteiger partial charge in [0, 0.05) is 37.3 Å². The van der Waals surface area contributed by atoms with Gasteiger partial charge in [0.05, 0.1) is 17.8 Å². The van der Waals surface area contributed by atoms with Crippen molar-refractivity contribution in [3.05, 3.63) is 84.1 Å². The van der Waals surface area contributed by atoms with Crippen molar-refractivity contribution in [2.45, 2.75) is 13.5 Å². The number of carbonyl (C=O) groups excluding carboxylic acids is 1. The molecule has 0 radical (unpaired) electrons. The van der Waals surface area contributed by atoms with Crippen molar-refractivity contribution >= 4 is 5.91 Å². The van der Waals surface area contributed by atoms with Crippen LogP contribution in [0.2, 0.25) is 0 Å². The third-order valence-electron chi connectivity index (χ3n) is 4.32. The number of carbonyl (C=O) groups is 1. The van der Waals surface area contributed by atoms with Gasteiger partial charge in [0.25, 0.3) is 5.91 Å². The number of aromatic nitrogens is 4. The molecular weight excluding hydrogens is 354 g/mol. The zero-order valence-electron chi connectivity index (χ0n) is 15.6. The first-order valence-electron chi connectivity index (χ1n) is 8.85. The fraction of sp³-hybridized carbons (Fsp3) is 0.143. The van der Waals surface area contributed by atoms with E-state index in [1.165, 1.54) is 0 Å². The Kier molecular flexibility index (Phi) is 4.72. The van der Waals surface area contributed by atoms with Gasteiger partial charge in [-0.1, -0.05) is 23.4 Å². The SMILES string of the molecule is Cc1cc(CN(C)C(=O)c2cn(-c3ccccc3)nc2-c2cccnc2)no1. The molecule has 0 aliphatic rings. The van der Waals surface area contributed by atoms with Crippen molar-refractivity contribution in [1.29, 1.82) is 0 Å². The summed E-state index contributed by atoms with van der Waals surface area (Å²) in [4.78, 5) is 19.0. The number of para-hydroxylation sites is 1. The zero-order chi connectivity index (χ0) is 19.5. The van der Waals surface area contributed by atoms with Crippen molar-refractivity contribution in [3.8, 4) is 16.9 Å². The van der Waals surface area contributed by atoms with E-state index in [9.17, 15) is 4.79 Å². The number of hydrogen-bond acceptors (Lipinski definition) is 5. The van der Waals surface area contributed by atoms with Crippen LogP contribution in [-0.2, 0) is 6.54 Å². The number of hydrogen-bond donors (Lipinski definition) is 0. The summed E-state index contributed by atoms with van der Waals surface area (Å²) in [6, 6.07) is 15.2. The zero-order valence-corrected chi connectivity index (χ0v) is 15.6. The summed E-state index contributed by atoms with van der Waals surface area (Å²) < 4.78 is 6.81. The Labute approximate surface area is 162 Å². The van der Waals surface area contributed by atoms with Crippen LogP contribution in [0.25, 0.3) is 16.9 Å². The van der Waals surface area contributed by atoms with Gasteiger partial charge in [-0.2, -0.15) is 5.10 Å². The molecule has 1 amide bonds. The molecule has 0 atom stereocenters. The largest absolute Gasteiger partial charge is 0.361 e. The minimum Gasteiger partial charge on any atom is -0.361 e. The molecule has 0 bridgehead atoms. The number of rotatable bonds is 5. The topological polar surface area (TPSA) is 77.1 Å². The molecule has 3 heterocycles. The maximum atomic E-state index is 13.2. The standard InChI is InChI=1S/C21H19N5O2/c1-15-11-17(24-28-15)13-25(2)21(27)19-14-26(18-8-4-3-5-9-18)23-20(19)16-7-6-10-22-12-16/h3-12,14H,13H2,1-2H3. The molecule has 7 heteroatoms. The molecule has 1 aromatic carbocycles. The van der Waals surface area contributed by atoms with E-state index in [0.717, 1.165) is 11.3 Å².